The molecule has 0 fully saturated rings. The molecule has 0 aliphatic carbocycles. The second kappa shape index (κ2) is 21.4. The van der Waals surface area contributed by atoms with E-state index in [1.807, 2.05) is 0 Å². The molecule has 0 aromatic heterocycles. The largest absolute Gasteiger partial charge is 1.00 e. The molecule has 0 aromatic carbocycles. The first-order valence-electron chi connectivity index (χ1n) is 2.78. The SMILES string of the molecule is CCCP(=O)([O-])[O-].[CH2-]C.[K+].[K+].[K+]. The summed E-state index contributed by atoms with van der Waals surface area (Å²) in [6.07, 6.45) is 0.206. The van der Waals surface area contributed by atoms with Crippen LogP contribution in [0.5, 0.6) is 0 Å². The van der Waals surface area contributed by atoms with Gasteiger partial charge in [-0.1, -0.05) is 20.9 Å². The van der Waals surface area contributed by atoms with Gasteiger partial charge in [0.15, 0.2) is 0 Å². The van der Waals surface area contributed by atoms with Crippen LogP contribution < -0.4 is 164 Å². The van der Waals surface area contributed by atoms with Gasteiger partial charge in [0.1, 0.15) is 0 Å². The smallest absolute Gasteiger partial charge is 0.811 e. The van der Waals surface area contributed by atoms with Crippen LogP contribution in [-0.2, 0) is 4.57 Å². The van der Waals surface area contributed by atoms with Crippen molar-refractivity contribution in [2.45, 2.75) is 20.3 Å². The molecule has 0 amide bonds. The van der Waals surface area contributed by atoms with Gasteiger partial charge in [-0.3, -0.25) is 0 Å². The van der Waals surface area contributed by atoms with Crippen molar-refractivity contribution >= 4 is 7.60 Å². The molecule has 0 saturated heterocycles. The third-order valence-electron chi connectivity index (χ3n) is 0.497. The van der Waals surface area contributed by atoms with Crippen molar-refractivity contribution in [3.63, 3.8) is 0 Å². The number of rotatable bonds is 2. The van der Waals surface area contributed by atoms with E-state index in [2.05, 4.69) is 6.92 Å². The van der Waals surface area contributed by atoms with Gasteiger partial charge in [-0.15, -0.1) is 0 Å². The van der Waals surface area contributed by atoms with Crippen LogP contribution in [0.1, 0.15) is 20.3 Å². The Labute approximate surface area is 203 Å². The van der Waals surface area contributed by atoms with E-state index in [1.54, 1.807) is 13.8 Å². The van der Waals surface area contributed by atoms with Crippen LogP contribution >= 0.6 is 7.60 Å². The summed E-state index contributed by atoms with van der Waals surface area (Å²) in [6.45, 7) is 6.66. The Bertz CT molecular complexity index is 95.9. The van der Waals surface area contributed by atoms with Gasteiger partial charge in [-0.2, -0.15) is 6.92 Å². The van der Waals surface area contributed by atoms with Gasteiger partial charge in [-0.05, 0) is 6.16 Å². The summed E-state index contributed by atoms with van der Waals surface area (Å²) in [4.78, 5) is 19.4. The molecule has 0 aliphatic heterocycles. The summed E-state index contributed by atoms with van der Waals surface area (Å²) in [7, 11) is -4.17. The minimum absolute atomic E-state index is 0. The van der Waals surface area contributed by atoms with E-state index in [-0.39, 0.29) is 160 Å². The maximum absolute atomic E-state index is 9.70. The van der Waals surface area contributed by atoms with E-state index in [0.29, 0.717) is 6.42 Å². The topological polar surface area (TPSA) is 63.2 Å². The molecule has 0 aliphatic rings. The molecule has 0 bridgehead atoms. The fourth-order valence-corrected chi connectivity index (χ4v) is 0.822. The van der Waals surface area contributed by atoms with E-state index >= 15 is 0 Å². The van der Waals surface area contributed by atoms with Crippen molar-refractivity contribution in [1.82, 2.24) is 0 Å². The summed E-state index contributed by atoms with van der Waals surface area (Å²) in [5.41, 5.74) is 0. The zero-order valence-electron chi connectivity index (χ0n) is 8.79. The van der Waals surface area contributed by atoms with Crippen LogP contribution in [0.3, 0.4) is 0 Å². The maximum Gasteiger partial charge on any atom is 1.00 e. The van der Waals surface area contributed by atoms with Crippen LogP contribution in [-0.4, -0.2) is 6.16 Å². The quantitative estimate of drug-likeness (QED) is 0.284. The predicted molar refractivity (Wildman–Crippen MR) is 33.8 cm³/mol. The molecule has 0 heterocycles. The minimum atomic E-state index is -4.17. The van der Waals surface area contributed by atoms with Gasteiger partial charge < -0.3 is 21.3 Å². The Morgan fingerprint density at radius 2 is 1.42 bits per heavy atom. The summed E-state index contributed by atoms with van der Waals surface area (Å²) in [6, 6.07) is 0. The van der Waals surface area contributed by atoms with Crippen molar-refractivity contribution < 1.29 is 169 Å². The second-order valence-electron chi connectivity index (χ2n) is 1.33. The molecular weight excluding hydrogens is 256 g/mol. The molecule has 0 aromatic rings. The van der Waals surface area contributed by atoms with Crippen molar-refractivity contribution in [2.24, 2.45) is 0 Å². The molecule has 58 valence electrons. The Hall–Kier alpha value is 5.06. The maximum atomic E-state index is 9.70. The standard InChI is InChI=1S/C3H9O3P.C2H5.3K/c1-2-3-7(4,5)6;1-2;;;/h2-3H2,1H3,(H2,4,5,6);1H2,2H3;;;/q;-1;3*+1/p-2. The molecule has 3 nitrogen and oxygen atoms in total. The van der Waals surface area contributed by atoms with E-state index < -0.39 is 7.60 Å². The van der Waals surface area contributed by atoms with E-state index in [4.69, 9.17) is 0 Å². The molecule has 0 N–H and O–H groups in total. The van der Waals surface area contributed by atoms with Crippen molar-refractivity contribution in [2.75, 3.05) is 6.16 Å². The van der Waals surface area contributed by atoms with Gasteiger partial charge in [0, 0.05) is 0 Å². The van der Waals surface area contributed by atoms with E-state index in [9.17, 15) is 14.4 Å². The first-order chi connectivity index (χ1) is 4.06. The monoisotopic (exact) mass is 268 g/mol. The Kier molecular flexibility index (Phi) is 53.8. The number of hydrogen-bond acceptors (Lipinski definition) is 3. The third-order valence-corrected chi connectivity index (χ3v) is 1.49. The van der Waals surface area contributed by atoms with Crippen LogP contribution in [0.15, 0.2) is 0 Å². The molecule has 0 spiro atoms. The normalized spacial score (nSPS) is 7.42. The van der Waals surface area contributed by atoms with Gasteiger partial charge in [0.25, 0.3) is 0 Å². The first-order valence-corrected chi connectivity index (χ1v) is 4.51. The van der Waals surface area contributed by atoms with Gasteiger partial charge >= 0.3 is 154 Å². The second-order valence-corrected chi connectivity index (χ2v) is 3.00. The fraction of sp³-hybridized carbons (Fsp3) is 0.800. The molecule has 12 heavy (non-hydrogen) atoms. The molecular formula is C5H12K3O3P. The average molecular weight is 268 g/mol. The van der Waals surface area contributed by atoms with Crippen molar-refractivity contribution in [3.8, 4) is 0 Å². The zero-order chi connectivity index (χ0) is 7.91. The number of hydrogen-bond donors (Lipinski definition) is 0. The Morgan fingerprint density at radius 3 is 1.42 bits per heavy atom. The molecule has 0 saturated carbocycles. The van der Waals surface area contributed by atoms with Gasteiger partial charge in [-0.25, -0.2) is 0 Å². The summed E-state index contributed by atoms with van der Waals surface area (Å²) in [5.74, 6) is 0. The van der Waals surface area contributed by atoms with Crippen LogP contribution in [0.2, 0.25) is 0 Å². The fourth-order valence-electron chi connectivity index (χ4n) is 0.274. The third kappa shape index (κ3) is 36.3. The minimum Gasteiger partial charge on any atom is -0.811 e. The summed E-state index contributed by atoms with van der Waals surface area (Å²) < 4.78 is 9.70. The molecule has 0 radical (unpaired) electrons. The van der Waals surface area contributed by atoms with Gasteiger partial charge in [0.2, 0.25) is 0 Å². The first kappa shape index (κ1) is 30.3. The van der Waals surface area contributed by atoms with Crippen molar-refractivity contribution in [1.29, 1.82) is 0 Å². The Morgan fingerprint density at radius 1 is 1.17 bits per heavy atom. The molecule has 7 heteroatoms. The molecule has 0 atom stereocenters. The van der Waals surface area contributed by atoms with Crippen LogP contribution in [0.25, 0.3) is 0 Å². The van der Waals surface area contributed by atoms with Gasteiger partial charge in [0.05, 0.1) is 0 Å². The van der Waals surface area contributed by atoms with Crippen LogP contribution in [0, 0.1) is 6.92 Å². The molecule has 0 rings (SSSR count). The Balaban J connectivity index is -0.0000000303. The van der Waals surface area contributed by atoms with E-state index in [1.165, 1.54) is 0 Å². The average Bonchev–Trinajstić information content (AvgIpc) is 1.69. The van der Waals surface area contributed by atoms with E-state index in [0.717, 1.165) is 0 Å². The van der Waals surface area contributed by atoms with Crippen LogP contribution in [0.4, 0.5) is 0 Å². The van der Waals surface area contributed by atoms with Crippen molar-refractivity contribution in [3.05, 3.63) is 6.92 Å². The molecule has 0 unspecified atom stereocenters. The summed E-state index contributed by atoms with van der Waals surface area (Å²) >= 11 is 0. The summed E-state index contributed by atoms with van der Waals surface area (Å²) in [5, 5.41) is 0. The predicted octanol–water partition coefficient (Wildman–Crippen LogP) is -8.84. The zero-order valence-corrected chi connectivity index (χ0v) is 19.1.